The van der Waals surface area contributed by atoms with Crippen molar-refractivity contribution >= 4 is 17.7 Å². The monoisotopic (exact) mass is 640 g/mol. The summed E-state index contributed by atoms with van der Waals surface area (Å²) < 4.78 is 31.6. The molecule has 10 heteroatoms. The largest absolute Gasteiger partial charge is 0.469 e. The van der Waals surface area contributed by atoms with Crippen LogP contribution in [0.3, 0.4) is 0 Å². The Morgan fingerprint density at radius 3 is 2.41 bits per heavy atom. The second kappa shape index (κ2) is 10.1. The number of ether oxygens (including phenoxy) is 4. The normalized spacial score (nSPS) is 47.7. The van der Waals surface area contributed by atoms with Crippen molar-refractivity contribution in [3.63, 3.8) is 0 Å². The van der Waals surface area contributed by atoms with E-state index in [1.807, 2.05) is 26.8 Å². The molecular formula is C36H48O10. The minimum Gasteiger partial charge on any atom is -0.469 e. The van der Waals surface area contributed by atoms with E-state index >= 15 is 0 Å². The zero-order valence-electron chi connectivity index (χ0n) is 27.4. The molecule has 12 atom stereocenters. The SMILES string of the molecule is CC1(C)OC2C3CCC4CC5(C)C(c6ccoc6CCCCCCCCO)OC(=O)C6OC65C5(C)C(O)C(=O)C1C2(COC3=O)C45. The standard InChI is InChI=1S/C36H48O10/c1-32(2)25-23(38)26(39)34(4)24-19(12-13-21-28(45-32)35(24,25)18-43-30(21)40)17-33(3)27(44-31(41)29-36(33,34)46-29)20-14-16-42-22(20)11-9-7-5-6-8-10-15-37/h14,16,19,21,24-29,37,39H,5-13,15,17-18H2,1-4H3. The Labute approximate surface area is 269 Å². The van der Waals surface area contributed by atoms with Crippen LogP contribution in [-0.4, -0.2) is 70.7 Å². The molecule has 5 heterocycles. The van der Waals surface area contributed by atoms with Crippen molar-refractivity contribution in [2.75, 3.05) is 13.2 Å². The molecule has 3 saturated carbocycles. The average Bonchev–Trinajstić information content (AvgIpc) is 3.58. The molecule has 1 aromatic heterocycles. The Balaban J connectivity index is 1.20. The highest BCUT2D eigenvalue weighted by Gasteiger charge is 2.92. The van der Waals surface area contributed by atoms with Crippen molar-refractivity contribution in [1.29, 1.82) is 0 Å². The van der Waals surface area contributed by atoms with Crippen LogP contribution in [0.2, 0.25) is 0 Å². The van der Waals surface area contributed by atoms with Gasteiger partial charge in [-0.1, -0.05) is 39.5 Å². The number of hydrogen-bond donors (Lipinski definition) is 2. The maximum absolute atomic E-state index is 14.6. The topological polar surface area (TPSA) is 145 Å². The summed E-state index contributed by atoms with van der Waals surface area (Å²) in [6.45, 7) is 8.15. The number of epoxide rings is 1. The third-order valence-electron chi connectivity index (χ3n) is 13.8. The van der Waals surface area contributed by atoms with Gasteiger partial charge in [-0.25, -0.2) is 4.79 Å². The highest BCUT2D eigenvalue weighted by Crippen LogP contribution is 2.82. The van der Waals surface area contributed by atoms with Crippen molar-refractivity contribution < 1.29 is 48.0 Å². The fraction of sp³-hybridized carbons (Fsp3) is 0.806. The number of cyclic esters (lactones) is 2. The molecule has 4 aliphatic heterocycles. The number of aryl methyl sites for hydroxylation is 1. The van der Waals surface area contributed by atoms with E-state index in [9.17, 15) is 19.5 Å². The first-order valence-corrected chi connectivity index (χ1v) is 17.5. The van der Waals surface area contributed by atoms with Crippen LogP contribution in [0.4, 0.5) is 0 Å². The molecular weight excluding hydrogens is 592 g/mol. The number of esters is 2. The lowest BCUT2D eigenvalue weighted by Crippen LogP contribution is -2.77. The second-order valence-corrected chi connectivity index (χ2v) is 16.4. The van der Waals surface area contributed by atoms with Crippen LogP contribution in [0.25, 0.3) is 0 Å². The summed E-state index contributed by atoms with van der Waals surface area (Å²) in [6.07, 6.45) is 6.77. The third kappa shape index (κ3) is 3.60. The molecule has 0 radical (unpaired) electrons. The zero-order valence-corrected chi connectivity index (χ0v) is 27.4. The number of rotatable bonds is 9. The number of unbranched alkanes of at least 4 members (excludes halogenated alkanes) is 5. The Hall–Kier alpha value is -2.27. The number of aliphatic hydroxyl groups is 2. The van der Waals surface area contributed by atoms with Crippen LogP contribution in [-0.2, 0) is 39.8 Å². The lowest BCUT2D eigenvalue weighted by Gasteiger charge is -2.68. The quantitative estimate of drug-likeness (QED) is 0.229. The molecule has 46 heavy (non-hydrogen) atoms. The third-order valence-corrected chi connectivity index (χ3v) is 13.8. The van der Waals surface area contributed by atoms with Gasteiger partial charge >= 0.3 is 11.9 Å². The molecule has 7 fully saturated rings. The van der Waals surface area contributed by atoms with Gasteiger partial charge in [-0.05, 0) is 63.9 Å². The molecule has 2 bridgehead atoms. The first-order valence-electron chi connectivity index (χ1n) is 17.5. The summed E-state index contributed by atoms with van der Waals surface area (Å²) in [7, 11) is 0. The van der Waals surface area contributed by atoms with Gasteiger partial charge in [0.15, 0.2) is 11.9 Å². The Bertz CT molecular complexity index is 1450. The maximum Gasteiger partial charge on any atom is 0.339 e. The molecule has 3 aliphatic carbocycles. The predicted molar refractivity (Wildman–Crippen MR) is 161 cm³/mol. The van der Waals surface area contributed by atoms with Gasteiger partial charge in [0.1, 0.15) is 30.2 Å². The number of furan rings is 1. The molecule has 0 amide bonds. The van der Waals surface area contributed by atoms with Crippen LogP contribution >= 0.6 is 0 Å². The summed E-state index contributed by atoms with van der Waals surface area (Å²) in [6, 6.07) is 1.90. The molecule has 2 spiro atoms. The van der Waals surface area contributed by atoms with Crippen LogP contribution in [0.1, 0.15) is 103 Å². The molecule has 12 unspecified atom stereocenters. The zero-order chi connectivity index (χ0) is 32.4. The molecule has 252 valence electrons. The minimum atomic E-state index is -1.39. The summed E-state index contributed by atoms with van der Waals surface area (Å²) in [5, 5.41) is 21.4. The number of ketones is 1. The van der Waals surface area contributed by atoms with Crippen molar-refractivity contribution in [2.24, 2.45) is 39.9 Å². The number of aliphatic hydroxyl groups excluding tert-OH is 2. The first kappa shape index (κ1) is 31.0. The first-order chi connectivity index (χ1) is 21.9. The van der Waals surface area contributed by atoms with Gasteiger partial charge in [0, 0.05) is 34.8 Å². The number of hydrogen-bond acceptors (Lipinski definition) is 10. The molecule has 7 aliphatic rings. The van der Waals surface area contributed by atoms with E-state index in [0.29, 0.717) is 25.7 Å². The van der Waals surface area contributed by atoms with E-state index < -0.39 is 69.7 Å². The van der Waals surface area contributed by atoms with E-state index in [-0.39, 0.29) is 36.8 Å². The van der Waals surface area contributed by atoms with Gasteiger partial charge in [0.05, 0.1) is 29.8 Å². The van der Waals surface area contributed by atoms with Gasteiger partial charge < -0.3 is 33.6 Å². The van der Waals surface area contributed by atoms with Crippen molar-refractivity contribution in [3.8, 4) is 0 Å². The summed E-state index contributed by atoms with van der Waals surface area (Å²) in [5.41, 5.74) is -3.97. The van der Waals surface area contributed by atoms with E-state index in [2.05, 4.69) is 6.92 Å². The van der Waals surface area contributed by atoms with Crippen LogP contribution in [0.5, 0.6) is 0 Å². The van der Waals surface area contributed by atoms with Gasteiger partial charge in [-0.3, -0.25) is 9.59 Å². The Morgan fingerprint density at radius 2 is 1.65 bits per heavy atom. The Kier molecular flexibility index (Phi) is 6.83. The average molecular weight is 641 g/mol. The number of Topliss-reactive ketones (excluding diaryl/α,β-unsaturated/α-hetero) is 1. The van der Waals surface area contributed by atoms with E-state index in [1.54, 1.807) is 6.26 Å². The predicted octanol–water partition coefficient (Wildman–Crippen LogP) is 4.23. The van der Waals surface area contributed by atoms with E-state index in [4.69, 9.17) is 28.5 Å². The molecule has 1 aromatic rings. The lowest BCUT2D eigenvalue weighted by molar-refractivity contribution is -0.266. The molecule has 8 rings (SSSR count). The lowest BCUT2D eigenvalue weighted by atomic mass is 9.34. The maximum atomic E-state index is 14.6. The van der Waals surface area contributed by atoms with Gasteiger partial charge in [0.2, 0.25) is 0 Å². The van der Waals surface area contributed by atoms with Crippen molar-refractivity contribution in [1.82, 2.24) is 0 Å². The second-order valence-electron chi connectivity index (χ2n) is 16.4. The molecule has 10 nitrogen and oxygen atoms in total. The minimum absolute atomic E-state index is 0.00352. The van der Waals surface area contributed by atoms with Crippen molar-refractivity contribution in [3.05, 3.63) is 23.7 Å². The molecule has 4 saturated heterocycles. The summed E-state index contributed by atoms with van der Waals surface area (Å²) in [5.74, 6) is -1.68. The van der Waals surface area contributed by atoms with Gasteiger partial charge in [0.25, 0.3) is 0 Å². The van der Waals surface area contributed by atoms with Crippen molar-refractivity contribution in [2.45, 2.75) is 128 Å². The van der Waals surface area contributed by atoms with Gasteiger partial charge in [-0.15, -0.1) is 0 Å². The van der Waals surface area contributed by atoms with Gasteiger partial charge in [-0.2, -0.15) is 0 Å². The number of carbonyl (C=O) groups is 3. The van der Waals surface area contributed by atoms with E-state index in [0.717, 1.165) is 49.8 Å². The highest BCUT2D eigenvalue weighted by molar-refractivity contribution is 5.92. The van der Waals surface area contributed by atoms with Crippen LogP contribution in [0.15, 0.2) is 16.7 Å². The fourth-order valence-corrected chi connectivity index (χ4v) is 12.4. The van der Waals surface area contributed by atoms with Crippen LogP contribution < -0.4 is 0 Å². The highest BCUT2D eigenvalue weighted by atomic mass is 16.7. The molecule has 0 aromatic carbocycles. The summed E-state index contributed by atoms with van der Waals surface area (Å²) in [4.78, 5) is 41.6. The molecule has 2 N–H and O–H groups in total. The smallest absolute Gasteiger partial charge is 0.339 e. The Morgan fingerprint density at radius 1 is 0.913 bits per heavy atom. The fourth-order valence-electron chi connectivity index (χ4n) is 12.4. The summed E-state index contributed by atoms with van der Waals surface area (Å²) >= 11 is 0. The number of carbonyl (C=O) groups excluding carboxylic acids is 3. The van der Waals surface area contributed by atoms with E-state index in [1.165, 1.54) is 0 Å². The van der Waals surface area contributed by atoms with Crippen LogP contribution in [0, 0.1) is 39.9 Å².